The number of thiophene rings is 1. The molecule has 0 amide bonds. The van der Waals surface area contributed by atoms with Crippen LogP contribution >= 0.6 is 11.3 Å². The SMILES string of the molecule is C1Cc2sc3nc(CN4CCOCC4)nc(N(CC4CCCO4)C4CCCC4)c3c2C1. The molecule has 2 aliphatic heterocycles. The number of nitrogens with zero attached hydrogens (tertiary/aromatic N) is 4. The summed E-state index contributed by atoms with van der Waals surface area (Å²) >= 11 is 1.93. The van der Waals surface area contributed by atoms with Crippen LogP contribution in [0.25, 0.3) is 10.2 Å². The molecule has 1 atom stereocenters. The summed E-state index contributed by atoms with van der Waals surface area (Å²) in [7, 11) is 0. The average Bonchev–Trinajstić information content (AvgIpc) is 3.57. The lowest BCUT2D eigenvalue weighted by Gasteiger charge is -2.33. The summed E-state index contributed by atoms with van der Waals surface area (Å²) in [6, 6.07) is 0.593. The summed E-state index contributed by atoms with van der Waals surface area (Å²) in [6.45, 7) is 6.30. The Kier molecular flexibility index (Phi) is 5.86. The van der Waals surface area contributed by atoms with Crippen molar-refractivity contribution in [3.8, 4) is 0 Å². The standard InChI is InChI=1S/C24H34N4O2S/c1-2-6-17(5-1)28(15-18-7-4-12-30-18)23-22-19-8-3-9-20(19)31-24(22)26-21(25-23)16-27-10-13-29-14-11-27/h17-18H,1-16H2. The third-order valence-corrected chi connectivity index (χ3v) is 8.71. The van der Waals surface area contributed by atoms with E-state index in [1.165, 1.54) is 73.8 Å². The molecule has 1 unspecified atom stereocenters. The van der Waals surface area contributed by atoms with Crippen LogP contribution in [0.2, 0.25) is 0 Å². The quantitative estimate of drug-likeness (QED) is 0.675. The van der Waals surface area contributed by atoms with Crippen LogP contribution in [-0.2, 0) is 28.9 Å². The third kappa shape index (κ3) is 4.10. The molecule has 6 nitrogen and oxygen atoms in total. The van der Waals surface area contributed by atoms with E-state index in [0.29, 0.717) is 12.1 Å². The summed E-state index contributed by atoms with van der Waals surface area (Å²) in [4.78, 5) is 18.3. The van der Waals surface area contributed by atoms with Crippen molar-refractivity contribution in [1.82, 2.24) is 14.9 Å². The number of aryl methyl sites for hydroxylation is 2. The Morgan fingerprint density at radius 1 is 0.968 bits per heavy atom. The van der Waals surface area contributed by atoms with Gasteiger partial charge in [0.25, 0.3) is 0 Å². The maximum absolute atomic E-state index is 6.10. The van der Waals surface area contributed by atoms with E-state index in [2.05, 4.69) is 9.80 Å². The normalized spacial score (nSPS) is 25.0. The van der Waals surface area contributed by atoms with Gasteiger partial charge < -0.3 is 14.4 Å². The fourth-order valence-electron chi connectivity index (χ4n) is 5.89. The first-order valence-electron chi connectivity index (χ1n) is 12.3. The molecule has 3 fully saturated rings. The smallest absolute Gasteiger partial charge is 0.146 e. The molecule has 4 heterocycles. The van der Waals surface area contributed by atoms with Gasteiger partial charge in [0, 0.05) is 37.2 Å². The van der Waals surface area contributed by atoms with Gasteiger partial charge in [0.05, 0.1) is 31.2 Å². The van der Waals surface area contributed by atoms with Gasteiger partial charge in [-0.3, -0.25) is 4.90 Å². The highest BCUT2D eigenvalue weighted by molar-refractivity contribution is 7.19. The Labute approximate surface area is 188 Å². The number of fused-ring (bicyclic) bond motifs is 3. The van der Waals surface area contributed by atoms with Gasteiger partial charge in [-0.1, -0.05) is 12.8 Å². The minimum absolute atomic E-state index is 0.347. The van der Waals surface area contributed by atoms with Gasteiger partial charge >= 0.3 is 0 Å². The molecular weight excluding hydrogens is 408 g/mol. The Morgan fingerprint density at radius 2 is 1.84 bits per heavy atom. The van der Waals surface area contributed by atoms with Gasteiger partial charge in [0.15, 0.2) is 0 Å². The molecule has 168 valence electrons. The molecule has 2 aliphatic carbocycles. The van der Waals surface area contributed by atoms with Crippen LogP contribution in [-0.4, -0.2) is 66.5 Å². The first-order chi connectivity index (χ1) is 15.3. The zero-order valence-corrected chi connectivity index (χ0v) is 19.3. The largest absolute Gasteiger partial charge is 0.379 e. The van der Waals surface area contributed by atoms with Crippen molar-refractivity contribution in [2.75, 3.05) is 44.4 Å². The highest BCUT2D eigenvalue weighted by Gasteiger charge is 2.32. The summed E-state index contributed by atoms with van der Waals surface area (Å²) in [5.74, 6) is 2.20. The number of hydrogen-bond donors (Lipinski definition) is 0. The average molecular weight is 443 g/mol. The number of hydrogen-bond acceptors (Lipinski definition) is 7. The fourth-order valence-corrected chi connectivity index (χ4v) is 7.16. The molecule has 31 heavy (non-hydrogen) atoms. The number of morpholine rings is 1. The number of ether oxygens (including phenoxy) is 2. The maximum Gasteiger partial charge on any atom is 0.146 e. The highest BCUT2D eigenvalue weighted by atomic mass is 32.1. The van der Waals surface area contributed by atoms with Crippen molar-refractivity contribution < 1.29 is 9.47 Å². The minimum atomic E-state index is 0.347. The van der Waals surface area contributed by atoms with Gasteiger partial charge in [0.1, 0.15) is 16.5 Å². The van der Waals surface area contributed by atoms with E-state index in [9.17, 15) is 0 Å². The monoisotopic (exact) mass is 442 g/mol. The topological polar surface area (TPSA) is 50.7 Å². The Bertz CT molecular complexity index is 914. The maximum atomic E-state index is 6.10. The Balaban J connectivity index is 1.41. The number of aromatic nitrogens is 2. The van der Waals surface area contributed by atoms with Crippen molar-refractivity contribution in [2.24, 2.45) is 0 Å². The van der Waals surface area contributed by atoms with Crippen LogP contribution in [0, 0.1) is 0 Å². The van der Waals surface area contributed by atoms with Crippen LogP contribution in [0.3, 0.4) is 0 Å². The van der Waals surface area contributed by atoms with Gasteiger partial charge in [-0.15, -0.1) is 11.3 Å². The highest BCUT2D eigenvalue weighted by Crippen LogP contribution is 2.42. The first kappa shape index (κ1) is 20.3. The summed E-state index contributed by atoms with van der Waals surface area (Å²) in [6.07, 6.45) is 11.6. The van der Waals surface area contributed by atoms with E-state index in [-0.39, 0.29) is 0 Å². The van der Waals surface area contributed by atoms with Crippen LogP contribution in [0.5, 0.6) is 0 Å². The van der Waals surface area contributed by atoms with Crippen LogP contribution in [0.1, 0.15) is 61.2 Å². The van der Waals surface area contributed by atoms with E-state index in [1.807, 2.05) is 11.3 Å². The van der Waals surface area contributed by atoms with E-state index in [1.54, 1.807) is 10.4 Å². The van der Waals surface area contributed by atoms with Gasteiger partial charge in [-0.2, -0.15) is 0 Å². The van der Waals surface area contributed by atoms with Crippen molar-refractivity contribution in [2.45, 2.75) is 76.5 Å². The Morgan fingerprint density at radius 3 is 2.65 bits per heavy atom. The number of anilines is 1. The van der Waals surface area contributed by atoms with E-state index >= 15 is 0 Å². The molecule has 0 bridgehead atoms. The molecule has 0 radical (unpaired) electrons. The van der Waals surface area contributed by atoms with E-state index in [0.717, 1.165) is 51.8 Å². The lowest BCUT2D eigenvalue weighted by atomic mass is 10.1. The molecule has 7 heteroatoms. The third-order valence-electron chi connectivity index (χ3n) is 7.52. The van der Waals surface area contributed by atoms with Gasteiger partial charge in [-0.25, -0.2) is 9.97 Å². The van der Waals surface area contributed by atoms with Crippen molar-refractivity contribution in [3.63, 3.8) is 0 Å². The lowest BCUT2D eigenvalue weighted by molar-refractivity contribution is 0.0331. The first-order valence-corrected chi connectivity index (χ1v) is 13.2. The van der Waals surface area contributed by atoms with Crippen LogP contribution in [0.4, 0.5) is 5.82 Å². The second kappa shape index (κ2) is 8.93. The van der Waals surface area contributed by atoms with Crippen LogP contribution < -0.4 is 4.90 Å². The minimum Gasteiger partial charge on any atom is -0.379 e. The summed E-state index contributed by atoms with van der Waals surface area (Å²) < 4.78 is 11.6. The van der Waals surface area contributed by atoms with Crippen molar-refractivity contribution >= 4 is 27.4 Å². The molecule has 0 spiro atoms. The van der Waals surface area contributed by atoms with E-state index < -0.39 is 0 Å². The summed E-state index contributed by atoms with van der Waals surface area (Å²) in [5.41, 5.74) is 1.54. The molecule has 0 aromatic carbocycles. The van der Waals surface area contributed by atoms with Crippen molar-refractivity contribution in [1.29, 1.82) is 0 Å². The summed E-state index contributed by atoms with van der Waals surface area (Å²) in [5, 5.41) is 1.37. The second-order valence-electron chi connectivity index (χ2n) is 9.62. The van der Waals surface area contributed by atoms with Gasteiger partial charge in [0.2, 0.25) is 0 Å². The second-order valence-corrected chi connectivity index (χ2v) is 10.7. The Hall–Kier alpha value is -1.28. The molecule has 4 aliphatic rings. The molecule has 1 saturated carbocycles. The zero-order chi connectivity index (χ0) is 20.6. The molecule has 2 saturated heterocycles. The molecule has 2 aromatic rings. The molecule has 0 N–H and O–H groups in total. The van der Waals surface area contributed by atoms with Gasteiger partial charge in [-0.05, 0) is 50.5 Å². The number of rotatable bonds is 6. The zero-order valence-electron chi connectivity index (χ0n) is 18.5. The van der Waals surface area contributed by atoms with E-state index in [4.69, 9.17) is 19.4 Å². The lowest BCUT2D eigenvalue weighted by Crippen LogP contribution is -2.40. The molecular formula is C24H34N4O2S. The fraction of sp³-hybridized carbons (Fsp3) is 0.750. The van der Waals surface area contributed by atoms with Crippen LogP contribution in [0.15, 0.2) is 0 Å². The predicted molar refractivity (Wildman–Crippen MR) is 124 cm³/mol. The van der Waals surface area contributed by atoms with Crippen molar-refractivity contribution in [3.05, 3.63) is 16.3 Å². The molecule has 6 rings (SSSR count). The molecule has 2 aromatic heterocycles. The predicted octanol–water partition coefficient (Wildman–Crippen LogP) is 3.94.